The highest BCUT2D eigenvalue weighted by atomic mass is 35.5. The number of rotatable bonds is 7. The van der Waals surface area contributed by atoms with Crippen molar-refractivity contribution in [3.05, 3.63) is 64.7 Å². The number of hydrogen-bond donors (Lipinski definition) is 2. The number of benzene rings is 2. The SMILES string of the molecule is Cc1ccc(NCCC(=O)NCCc2ccccc2)cc1Cl. The first-order valence-electron chi connectivity index (χ1n) is 7.46. The van der Waals surface area contributed by atoms with E-state index < -0.39 is 0 Å². The van der Waals surface area contributed by atoms with Crippen molar-refractivity contribution in [1.29, 1.82) is 0 Å². The first kappa shape index (κ1) is 16.4. The van der Waals surface area contributed by atoms with Crippen molar-refractivity contribution in [3.8, 4) is 0 Å². The van der Waals surface area contributed by atoms with Crippen molar-refractivity contribution in [2.24, 2.45) is 0 Å². The van der Waals surface area contributed by atoms with E-state index in [1.165, 1.54) is 5.56 Å². The average Bonchev–Trinajstić information content (AvgIpc) is 2.52. The van der Waals surface area contributed by atoms with Crippen molar-refractivity contribution >= 4 is 23.2 Å². The molecule has 0 radical (unpaired) electrons. The van der Waals surface area contributed by atoms with Crippen LogP contribution in [0, 0.1) is 6.92 Å². The van der Waals surface area contributed by atoms with Gasteiger partial charge in [-0.1, -0.05) is 48.0 Å². The first-order valence-corrected chi connectivity index (χ1v) is 7.83. The summed E-state index contributed by atoms with van der Waals surface area (Å²) in [6.07, 6.45) is 1.30. The van der Waals surface area contributed by atoms with E-state index in [9.17, 15) is 4.79 Å². The zero-order valence-corrected chi connectivity index (χ0v) is 13.5. The molecule has 0 atom stereocenters. The lowest BCUT2D eigenvalue weighted by molar-refractivity contribution is -0.120. The lowest BCUT2D eigenvalue weighted by atomic mass is 10.1. The van der Waals surface area contributed by atoms with Crippen molar-refractivity contribution in [1.82, 2.24) is 5.32 Å². The number of hydrogen-bond acceptors (Lipinski definition) is 2. The lowest BCUT2D eigenvalue weighted by Gasteiger charge is -2.08. The van der Waals surface area contributed by atoms with Gasteiger partial charge in [0.25, 0.3) is 0 Å². The van der Waals surface area contributed by atoms with E-state index in [0.29, 0.717) is 19.5 Å². The number of anilines is 1. The van der Waals surface area contributed by atoms with Crippen LogP contribution in [-0.2, 0) is 11.2 Å². The first-order chi connectivity index (χ1) is 10.6. The quantitative estimate of drug-likeness (QED) is 0.815. The summed E-state index contributed by atoms with van der Waals surface area (Å²) in [5, 5.41) is 6.87. The third-order valence-corrected chi connectivity index (χ3v) is 3.84. The van der Waals surface area contributed by atoms with E-state index in [4.69, 9.17) is 11.6 Å². The van der Waals surface area contributed by atoms with Gasteiger partial charge in [-0.3, -0.25) is 4.79 Å². The summed E-state index contributed by atoms with van der Waals surface area (Å²) in [4.78, 5) is 11.8. The van der Waals surface area contributed by atoms with E-state index in [0.717, 1.165) is 22.7 Å². The van der Waals surface area contributed by atoms with Gasteiger partial charge in [0, 0.05) is 30.2 Å². The van der Waals surface area contributed by atoms with E-state index >= 15 is 0 Å². The largest absolute Gasteiger partial charge is 0.384 e. The Morgan fingerprint density at radius 3 is 2.59 bits per heavy atom. The molecule has 0 aliphatic rings. The molecule has 0 aliphatic heterocycles. The molecule has 0 bridgehead atoms. The van der Waals surface area contributed by atoms with E-state index in [1.54, 1.807) is 0 Å². The summed E-state index contributed by atoms with van der Waals surface area (Å²) >= 11 is 6.06. The number of aryl methyl sites for hydroxylation is 1. The van der Waals surface area contributed by atoms with E-state index in [-0.39, 0.29) is 5.91 Å². The second-order valence-electron chi connectivity index (χ2n) is 5.23. The van der Waals surface area contributed by atoms with Crippen LogP contribution in [0.4, 0.5) is 5.69 Å². The Labute approximate surface area is 136 Å². The van der Waals surface area contributed by atoms with Gasteiger partial charge in [0.05, 0.1) is 0 Å². The van der Waals surface area contributed by atoms with Crippen molar-refractivity contribution < 1.29 is 4.79 Å². The van der Waals surface area contributed by atoms with Crippen LogP contribution in [0.3, 0.4) is 0 Å². The number of amides is 1. The molecular weight excluding hydrogens is 296 g/mol. The van der Waals surface area contributed by atoms with Gasteiger partial charge in [-0.2, -0.15) is 0 Å². The fourth-order valence-electron chi connectivity index (χ4n) is 2.10. The van der Waals surface area contributed by atoms with E-state index in [2.05, 4.69) is 22.8 Å². The fraction of sp³-hybridized carbons (Fsp3) is 0.278. The van der Waals surface area contributed by atoms with Crippen LogP contribution in [0.2, 0.25) is 5.02 Å². The molecule has 1 amide bonds. The van der Waals surface area contributed by atoms with Crippen molar-refractivity contribution in [2.75, 3.05) is 18.4 Å². The highest BCUT2D eigenvalue weighted by Crippen LogP contribution is 2.19. The third kappa shape index (κ3) is 5.41. The maximum atomic E-state index is 11.8. The molecule has 4 heteroatoms. The van der Waals surface area contributed by atoms with Crippen molar-refractivity contribution in [3.63, 3.8) is 0 Å². The Kier molecular flexibility index (Phi) is 6.28. The van der Waals surface area contributed by atoms with Crippen LogP contribution in [0.5, 0.6) is 0 Å². The van der Waals surface area contributed by atoms with Gasteiger partial charge in [0.1, 0.15) is 0 Å². The molecule has 0 saturated heterocycles. The van der Waals surface area contributed by atoms with Gasteiger partial charge in [-0.05, 0) is 36.6 Å². The predicted molar refractivity (Wildman–Crippen MR) is 92.5 cm³/mol. The number of carbonyl (C=O) groups excluding carboxylic acids is 1. The topological polar surface area (TPSA) is 41.1 Å². The van der Waals surface area contributed by atoms with Gasteiger partial charge in [-0.25, -0.2) is 0 Å². The summed E-state index contributed by atoms with van der Waals surface area (Å²) in [5.74, 6) is 0.0571. The number of halogens is 1. The van der Waals surface area contributed by atoms with Gasteiger partial charge in [-0.15, -0.1) is 0 Å². The summed E-state index contributed by atoms with van der Waals surface area (Å²) in [5.41, 5.74) is 3.22. The average molecular weight is 317 g/mol. The summed E-state index contributed by atoms with van der Waals surface area (Å²) in [7, 11) is 0. The Balaban J connectivity index is 1.64. The molecule has 0 spiro atoms. The highest BCUT2D eigenvalue weighted by molar-refractivity contribution is 6.31. The fourth-order valence-corrected chi connectivity index (χ4v) is 2.28. The molecule has 0 saturated carbocycles. The maximum absolute atomic E-state index is 11.8. The summed E-state index contributed by atoms with van der Waals surface area (Å²) in [6, 6.07) is 15.9. The van der Waals surface area contributed by atoms with Crippen LogP contribution >= 0.6 is 11.6 Å². The minimum Gasteiger partial charge on any atom is -0.384 e. The second kappa shape index (κ2) is 8.44. The van der Waals surface area contributed by atoms with Crippen LogP contribution in [0.1, 0.15) is 17.5 Å². The second-order valence-corrected chi connectivity index (χ2v) is 5.63. The monoisotopic (exact) mass is 316 g/mol. The van der Waals surface area contributed by atoms with E-state index in [1.807, 2.05) is 43.3 Å². The molecule has 0 unspecified atom stereocenters. The zero-order chi connectivity index (χ0) is 15.8. The van der Waals surface area contributed by atoms with Gasteiger partial charge in [0.2, 0.25) is 5.91 Å². The molecule has 22 heavy (non-hydrogen) atoms. The number of nitrogens with one attached hydrogen (secondary N) is 2. The van der Waals surface area contributed by atoms with Crippen LogP contribution < -0.4 is 10.6 Å². The minimum atomic E-state index is 0.0571. The molecule has 0 aromatic heterocycles. The molecule has 116 valence electrons. The molecule has 0 fully saturated rings. The molecule has 0 heterocycles. The lowest BCUT2D eigenvalue weighted by Crippen LogP contribution is -2.27. The van der Waals surface area contributed by atoms with Crippen LogP contribution in [0.15, 0.2) is 48.5 Å². The molecule has 2 aromatic carbocycles. The Morgan fingerprint density at radius 2 is 1.86 bits per heavy atom. The molecule has 2 N–H and O–H groups in total. The zero-order valence-electron chi connectivity index (χ0n) is 12.7. The smallest absolute Gasteiger partial charge is 0.221 e. The minimum absolute atomic E-state index is 0.0571. The van der Waals surface area contributed by atoms with Gasteiger partial charge < -0.3 is 10.6 Å². The third-order valence-electron chi connectivity index (χ3n) is 3.43. The Morgan fingerprint density at radius 1 is 1.09 bits per heavy atom. The molecule has 2 rings (SSSR count). The summed E-state index contributed by atoms with van der Waals surface area (Å²) in [6.45, 7) is 3.22. The molecule has 3 nitrogen and oxygen atoms in total. The van der Waals surface area contributed by atoms with Gasteiger partial charge in [0.15, 0.2) is 0 Å². The van der Waals surface area contributed by atoms with Crippen LogP contribution in [0.25, 0.3) is 0 Å². The van der Waals surface area contributed by atoms with Crippen molar-refractivity contribution in [2.45, 2.75) is 19.8 Å². The Hall–Kier alpha value is -2.00. The summed E-state index contributed by atoms with van der Waals surface area (Å²) < 4.78 is 0. The van der Waals surface area contributed by atoms with Crippen LogP contribution in [-0.4, -0.2) is 19.0 Å². The molecule has 2 aromatic rings. The maximum Gasteiger partial charge on any atom is 0.221 e. The molecular formula is C18H21ClN2O. The predicted octanol–water partition coefficient (Wildman–Crippen LogP) is 3.81. The highest BCUT2D eigenvalue weighted by Gasteiger charge is 2.02. The Bertz CT molecular complexity index is 614. The van der Waals surface area contributed by atoms with Gasteiger partial charge >= 0.3 is 0 Å². The normalized spacial score (nSPS) is 10.3. The standard InChI is InChI=1S/C18H21ClN2O/c1-14-7-8-16(13-17(14)19)20-12-10-18(22)21-11-9-15-5-3-2-4-6-15/h2-8,13,20H,9-12H2,1H3,(H,21,22). The number of carbonyl (C=O) groups is 1. The molecule has 0 aliphatic carbocycles.